The lowest BCUT2D eigenvalue weighted by molar-refractivity contribution is -0.163. The second kappa shape index (κ2) is 4.26. The zero-order chi connectivity index (χ0) is 13.6. The van der Waals surface area contributed by atoms with E-state index in [2.05, 4.69) is 21.2 Å². The average molecular weight is 322 g/mol. The first kappa shape index (κ1) is 13.4. The Morgan fingerprint density at radius 1 is 1.39 bits per heavy atom. The Hall–Kier alpha value is -1.04. The van der Waals surface area contributed by atoms with Crippen LogP contribution in [0.4, 0.5) is 13.2 Å². The van der Waals surface area contributed by atoms with Gasteiger partial charge in [0, 0.05) is 4.47 Å². The maximum absolute atomic E-state index is 12.7. The van der Waals surface area contributed by atoms with Crippen molar-refractivity contribution >= 4 is 21.8 Å². The maximum Gasteiger partial charge on any atom is 0.411 e. The number of rotatable bonds is 2. The molecular formula is C12H11BrF3NO. The van der Waals surface area contributed by atoms with Gasteiger partial charge in [-0.3, -0.25) is 4.79 Å². The van der Waals surface area contributed by atoms with Crippen molar-refractivity contribution in [3.8, 4) is 0 Å². The number of halogens is 4. The lowest BCUT2D eigenvalue weighted by Gasteiger charge is -2.21. The lowest BCUT2D eigenvalue weighted by Crippen LogP contribution is -2.47. The summed E-state index contributed by atoms with van der Waals surface area (Å²) in [5.74, 6) is -0.694. The molecule has 1 aliphatic carbocycles. The molecule has 1 aromatic carbocycles. The standard InChI is InChI=1S/C12H11BrF3NO/c1-7-2-3-9(13)8(6-7)10(18)17-11(4-5-11)12(14,15)16/h2-3,6H,4-5H2,1H3,(H,17,18). The van der Waals surface area contributed by atoms with Gasteiger partial charge in [0.1, 0.15) is 5.54 Å². The molecule has 2 rings (SSSR count). The SMILES string of the molecule is Cc1ccc(Br)c(C(=O)NC2(C(F)(F)F)CC2)c1. The Labute approximate surface area is 111 Å². The number of carbonyl (C=O) groups is 1. The maximum atomic E-state index is 12.7. The highest BCUT2D eigenvalue weighted by molar-refractivity contribution is 9.10. The van der Waals surface area contributed by atoms with E-state index in [4.69, 9.17) is 0 Å². The van der Waals surface area contributed by atoms with Crippen LogP contribution in [0.3, 0.4) is 0 Å². The van der Waals surface area contributed by atoms with Crippen molar-refractivity contribution in [2.24, 2.45) is 0 Å². The molecular weight excluding hydrogens is 311 g/mol. The molecule has 0 saturated heterocycles. The molecule has 0 heterocycles. The Morgan fingerprint density at radius 2 is 2.00 bits per heavy atom. The summed E-state index contributed by atoms with van der Waals surface area (Å²) in [6.45, 7) is 1.78. The molecule has 0 aliphatic heterocycles. The van der Waals surface area contributed by atoms with E-state index < -0.39 is 17.6 Å². The van der Waals surface area contributed by atoms with Crippen molar-refractivity contribution in [3.63, 3.8) is 0 Å². The normalized spacial score (nSPS) is 17.4. The molecule has 0 bridgehead atoms. The number of hydrogen-bond acceptors (Lipinski definition) is 1. The summed E-state index contributed by atoms with van der Waals surface area (Å²) in [5.41, 5.74) is -0.974. The molecule has 1 amide bonds. The second-order valence-electron chi connectivity index (χ2n) is 4.52. The van der Waals surface area contributed by atoms with Gasteiger partial charge >= 0.3 is 6.18 Å². The van der Waals surface area contributed by atoms with Crippen LogP contribution >= 0.6 is 15.9 Å². The Bertz CT molecular complexity index is 495. The minimum Gasteiger partial charge on any atom is -0.338 e. The molecule has 0 aromatic heterocycles. The van der Waals surface area contributed by atoms with Crippen LogP contribution in [0.2, 0.25) is 0 Å². The van der Waals surface area contributed by atoms with Gasteiger partial charge < -0.3 is 5.32 Å². The van der Waals surface area contributed by atoms with Gasteiger partial charge in [-0.25, -0.2) is 0 Å². The summed E-state index contributed by atoms with van der Waals surface area (Å²) >= 11 is 3.17. The molecule has 6 heteroatoms. The predicted octanol–water partition coefficient (Wildman–Crippen LogP) is 3.58. The van der Waals surface area contributed by atoms with Crippen LogP contribution in [0, 0.1) is 6.92 Å². The Morgan fingerprint density at radius 3 is 2.50 bits per heavy atom. The highest BCUT2D eigenvalue weighted by atomic mass is 79.9. The molecule has 0 atom stereocenters. The van der Waals surface area contributed by atoms with Gasteiger partial charge in [0.25, 0.3) is 5.91 Å². The van der Waals surface area contributed by atoms with Crippen LogP contribution in [0.1, 0.15) is 28.8 Å². The van der Waals surface area contributed by atoms with E-state index >= 15 is 0 Å². The van der Waals surface area contributed by atoms with Crippen LogP contribution < -0.4 is 5.32 Å². The van der Waals surface area contributed by atoms with E-state index in [-0.39, 0.29) is 18.4 Å². The summed E-state index contributed by atoms with van der Waals surface area (Å²) < 4.78 is 38.7. The average Bonchev–Trinajstić information content (AvgIpc) is 3.01. The Kier molecular flexibility index (Phi) is 3.17. The number of amides is 1. The van der Waals surface area contributed by atoms with Gasteiger partial charge in [-0.1, -0.05) is 11.6 Å². The zero-order valence-corrected chi connectivity index (χ0v) is 11.2. The lowest BCUT2D eigenvalue weighted by atomic mass is 10.1. The van der Waals surface area contributed by atoms with Crippen molar-refractivity contribution in [2.45, 2.75) is 31.5 Å². The highest BCUT2D eigenvalue weighted by Crippen LogP contribution is 2.49. The van der Waals surface area contributed by atoms with E-state index in [0.717, 1.165) is 5.56 Å². The van der Waals surface area contributed by atoms with Crippen LogP contribution in [0.25, 0.3) is 0 Å². The van der Waals surface area contributed by atoms with Crippen molar-refractivity contribution in [3.05, 3.63) is 33.8 Å². The molecule has 1 fully saturated rings. The van der Waals surface area contributed by atoms with Crippen LogP contribution in [-0.2, 0) is 0 Å². The van der Waals surface area contributed by atoms with Crippen molar-refractivity contribution in [1.82, 2.24) is 5.32 Å². The minimum atomic E-state index is -4.39. The van der Waals surface area contributed by atoms with Crippen molar-refractivity contribution in [1.29, 1.82) is 0 Å². The van der Waals surface area contributed by atoms with Gasteiger partial charge in [0.15, 0.2) is 0 Å². The Balaban J connectivity index is 2.21. The molecule has 1 N–H and O–H groups in total. The number of nitrogens with one attached hydrogen (secondary N) is 1. The summed E-state index contributed by atoms with van der Waals surface area (Å²) in [5, 5.41) is 2.10. The topological polar surface area (TPSA) is 29.1 Å². The number of carbonyl (C=O) groups excluding carboxylic acids is 1. The van der Waals surface area contributed by atoms with Crippen LogP contribution in [0.5, 0.6) is 0 Å². The summed E-state index contributed by atoms with van der Waals surface area (Å²) in [6, 6.07) is 4.99. The molecule has 1 aromatic rings. The molecule has 2 nitrogen and oxygen atoms in total. The van der Waals surface area contributed by atoms with Gasteiger partial charge in [-0.15, -0.1) is 0 Å². The molecule has 0 spiro atoms. The third-order valence-corrected chi connectivity index (χ3v) is 3.70. The highest BCUT2D eigenvalue weighted by Gasteiger charge is 2.64. The number of aryl methyl sites for hydroxylation is 1. The number of benzene rings is 1. The minimum absolute atomic E-state index is 0.0499. The fraction of sp³-hybridized carbons (Fsp3) is 0.417. The number of hydrogen-bond donors (Lipinski definition) is 1. The third kappa shape index (κ3) is 2.39. The molecule has 1 aliphatic rings. The molecule has 1 saturated carbocycles. The first-order valence-electron chi connectivity index (χ1n) is 5.41. The predicted molar refractivity (Wildman–Crippen MR) is 64.4 cm³/mol. The monoisotopic (exact) mass is 321 g/mol. The fourth-order valence-corrected chi connectivity index (χ4v) is 2.13. The van der Waals surface area contributed by atoms with E-state index in [1.54, 1.807) is 25.1 Å². The molecule has 0 radical (unpaired) electrons. The van der Waals surface area contributed by atoms with Gasteiger partial charge in [-0.05, 0) is 47.8 Å². The first-order chi connectivity index (χ1) is 8.25. The largest absolute Gasteiger partial charge is 0.411 e. The van der Waals surface area contributed by atoms with E-state index in [0.29, 0.717) is 4.47 Å². The zero-order valence-electron chi connectivity index (χ0n) is 9.57. The summed E-state index contributed by atoms with van der Waals surface area (Å²) in [6.07, 6.45) is -4.49. The number of alkyl halides is 3. The summed E-state index contributed by atoms with van der Waals surface area (Å²) in [7, 11) is 0. The molecule has 0 unspecified atom stereocenters. The van der Waals surface area contributed by atoms with E-state index in [1.807, 2.05) is 0 Å². The van der Waals surface area contributed by atoms with Crippen LogP contribution in [-0.4, -0.2) is 17.6 Å². The molecule has 98 valence electrons. The quantitative estimate of drug-likeness (QED) is 0.886. The summed E-state index contributed by atoms with van der Waals surface area (Å²) in [4.78, 5) is 11.9. The molecule has 18 heavy (non-hydrogen) atoms. The van der Waals surface area contributed by atoms with Crippen molar-refractivity contribution < 1.29 is 18.0 Å². The van der Waals surface area contributed by atoms with Crippen molar-refractivity contribution in [2.75, 3.05) is 0 Å². The first-order valence-corrected chi connectivity index (χ1v) is 6.20. The van der Waals surface area contributed by atoms with Gasteiger partial charge in [0.2, 0.25) is 0 Å². The smallest absolute Gasteiger partial charge is 0.338 e. The fourth-order valence-electron chi connectivity index (χ4n) is 1.70. The van der Waals surface area contributed by atoms with E-state index in [1.165, 1.54) is 0 Å². The van der Waals surface area contributed by atoms with Crippen LogP contribution in [0.15, 0.2) is 22.7 Å². The van der Waals surface area contributed by atoms with Gasteiger partial charge in [-0.2, -0.15) is 13.2 Å². The second-order valence-corrected chi connectivity index (χ2v) is 5.37. The third-order valence-electron chi connectivity index (χ3n) is 3.01. The van der Waals surface area contributed by atoms with E-state index in [9.17, 15) is 18.0 Å². The van der Waals surface area contributed by atoms with Gasteiger partial charge in [0.05, 0.1) is 5.56 Å².